The van der Waals surface area contributed by atoms with Crippen LogP contribution in [-0.4, -0.2) is 17.9 Å². The molecule has 3 aromatic rings. The van der Waals surface area contributed by atoms with E-state index in [4.69, 9.17) is 0 Å². The molecule has 29 heavy (non-hydrogen) atoms. The number of carbonyl (C=O) groups is 2. The fourth-order valence-electron chi connectivity index (χ4n) is 4.15. The van der Waals surface area contributed by atoms with E-state index in [0.717, 1.165) is 16.9 Å². The highest BCUT2D eigenvalue weighted by Crippen LogP contribution is 2.44. The van der Waals surface area contributed by atoms with Crippen LogP contribution in [-0.2, 0) is 9.59 Å². The number of nitrogens with one attached hydrogen (secondary N) is 1. The van der Waals surface area contributed by atoms with E-state index in [1.807, 2.05) is 59.5 Å². The standard InChI is InChI=1S/C23H18FN3O2/c24-16-12-10-15(11-13-16)23-26(17-6-2-1-3-7-17)21(28)14-20-22(29)25-18-8-4-5-9-19(18)27(20)23/h1-13,20,23H,14H2,(H,25,29)/t20-,23-/m0/s1. The molecule has 2 atom stereocenters. The van der Waals surface area contributed by atoms with E-state index >= 15 is 0 Å². The second-order valence-electron chi connectivity index (χ2n) is 7.16. The number of fused-ring (bicyclic) bond motifs is 3. The van der Waals surface area contributed by atoms with E-state index in [1.165, 1.54) is 12.1 Å². The van der Waals surface area contributed by atoms with E-state index < -0.39 is 12.2 Å². The van der Waals surface area contributed by atoms with E-state index in [9.17, 15) is 14.0 Å². The van der Waals surface area contributed by atoms with Crippen LogP contribution in [0.15, 0.2) is 78.9 Å². The molecule has 6 heteroatoms. The fourth-order valence-corrected chi connectivity index (χ4v) is 4.15. The summed E-state index contributed by atoms with van der Waals surface area (Å²) in [6.07, 6.45) is -0.510. The van der Waals surface area contributed by atoms with E-state index in [1.54, 1.807) is 17.0 Å². The molecule has 0 bridgehead atoms. The van der Waals surface area contributed by atoms with Crippen molar-refractivity contribution in [3.63, 3.8) is 0 Å². The maximum Gasteiger partial charge on any atom is 0.247 e. The molecule has 0 radical (unpaired) electrons. The van der Waals surface area contributed by atoms with Gasteiger partial charge in [0.05, 0.1) is 17.8 Å². The van der Waals surface area contributed by atoms with Crippen molar-refractivity contribution in [2.75, 3.05) is 15.1 Å². The molecule has 5 nitrogen and oxygen atoms in total. The van der Waals surface area contributed by atoms with Crippen molar-refractivity contribution in [2.24, 2.45) is 0 Å². The third-order valence-corrected chi connectivity index (χ3v) is 5.43. The van der Waals surface area contributed by atoms with Crippen LogP contribution in [0.1, 0.15) is 18.2 Å². The SMILES string of the molecule is O=C1Nc2ccccc2N2[C@H]1CC(=O)N(c1ccccc1)[C@@H]2c1ccc(F)cc1. The lowest BCUT2D eigenvalue weighted by Gasteiger charge is -2.50. The first-order chi connectivity index (χ1) is 14.1. The topological polar surface area (TPSA) is 52.7 Å². The number of hydrogen-bond donors (Lipinski definition) is 1. The van der Waals surface area contributed by atoms with Gasteiger partial charge in [-0.2, -0.15) is 0 Å². The highest BCUT2D eigenvalue weighted by atomic mass is 19.1. The summed E-state index contributed by atoms with van der Waals surface area (Å²) in [5.74, 6) is -0.714. The average Bonchev–Trinajstić information content (AvgIpc) is 2.74. The van der Waals surface area contributed by atoms with Gasteiger partial charge in [-0.05, 0) is 42.0 Å². The Balaban J connectivity index is 1.73. The molecule has 5 rings (SSSR count). The summed E-state index contributed by atoms with van der Waals surface area (Å²) in [5.41, 5.74) is 3.00. The summed E-state index contributed by atoms with van der Waals surface area (Å²) in [4.78, 5) is 29.7. The monoisotopic (exact) mass is 387 g/mol. The largest absolute Gasteiger partial charge is 0.333 e. The molecular formula is C23H18FN3O2. The van der Waals surface area contributed by atoms with E-state index in [-0.39, 0.29) is 24.1 Å². The second kappa shape index (κ2) is 6.74. The minimum Gasteiger partial charge on any atom is -0.333 e. The zero-order valence-corrected chi connectivity index (χ0v) is 15.5. The molecule has 0 spiro atoms. The Morgan fingerprint density at radius 1 is 0.862 bits per heavy atom. The van der Waals surface area contributed by atoms with Crippen LogP contribution >= 0.6 is 0 Å². The van der Waals surface area contributed by atoms with Crippen LogP contribution in [0.2, 0.25) is 0 Å². The van der Waals surface area contributed by atoms with Gasteiger partial charge >= 0.3 is 0 Å². The molecule has 1 saturated heterocycles. The van der Waals surface area contributed by atoms with Gasteiger partial charge in [-0.1, -0.05) is 42.5 Å². The van der Waals surface area contributed by atoms with Crippen molar-refractivity contribution in [3.05, 3.63) is 90.2 Å². The van der Waals surface area contributed by atoms with Gasteiger partial charge in [-0.3, -0.25) is 14.5 Å². The lowest BCUT2D eigenvalue weighted by molar-refractivity contribution is -0.126. The third-order valence-electron chi connectivity index (χ3n) is 5.43. The Labute approximate surface area is 167 Å². The first-order valence-electron chi connectivity index (χ1n) is 9.44. The number of rotatable bonds is 2. The van der Waals surface area contributed by atoms with E-state index in [2.05, 4.69) is 5.32 Å². The lowest BCUT2D eigenvalue weighted by Crippen LogP contribution is -2.61. The summed E-state index contributed by atoms with van der Waals surface area (Å²) < 4.78 is 13.6. The Kier molecular flexibility index (Phi) is 4.05. The highest BCUT2D eigenvalue weighted by molar-refractivity contribution is 6.09. The molecule has 0 saturated carbocycles. The zero-order valence-electron chi connectivity index (χ0n) is 15.5. The predicted molar refractivity (Wildman–Crippen MR) is 109 cm³/mol. The minimum atomic E-state index is -0.632. The number of hydrogen-bond acceptors (Lipinski definition) is 3. The van der Waals surface area contributed by atoms with Gasteiger partial charge in [0.1, 0.15) is 18.0 Å². The van der Waals surface area contributed by atoms with Gasteiger partial charge < -0.3 is 10.2 Å². The molecule has 3 aromatic carbocycles. The fraction of sp³-hybridized carbons (Fsp3) is 0.130. The molecule has 144 valence electrons. The predicted octanol–water partition coefficient (Wildman–Crippen LogP) is 4.09. The lowest BCUT2D eigenvalue weighted by atomic mass is 9.95. The first kappa shape index (κ1) is 17.4. The zero-order chi connectivity index (χ0) is 20.0. The number of anilines is 3. The molecule has 1 N–H and O–H groups in total. The minimum absolute atomic E-state index is 0.0623. The van der Waals surface area contributed by atoms with Crippen molar-refractivity contribution >= 4 is 28.9 Å². The Hall–Kier alpha value is -3.67. The van der Waals surface area contributed by atoms with Crippen LogP contribution in [0.3, 0.4) is 0 Å². The van der Waals surface area contributed by atoms with Gasteiger partial charge in [0.2, 0.25) is 11.8 Å². The molecule has 0 unspecified atom stereocenters. The number of nitrogens with zero attached hydrogens (tertiary/aromatic N) is 2. The summed E-state index contributed by atoms with van der Waals surface area (Å²) in [6, 6.07) is 22.3. The Morgan fingerprint density at radius 2 is 1.55 bits per heavy atom. The van der Waals surface area contributed by atoms with Crippen molar-refractivity contribution in [1.29, 1.82) is 0 Å². The van der Waals surface area contributed by atoms with Gasteiger partial charge in [0.25, 0.3) is 0 Å². The van der Waals surface area contributed by atoms with Crippen LogP contribution in [0, 0.1) is 5.82 Å². The van der Waals surface area contributed by atoms with Crippen molar-refractivity contribution in [1.82, 2.24) is 0 Å². The summed E-state index contributed by atoms with van der Waals surface area (Å²) in [5, 5.41) is 2.90. The van der Waals surface area contributed by atoms with Crippen molar-refractivity contribution in [2.45, 2.75) is 18.6 Å². The Morgan fingerprint density at radius 3 is 2.31 bits per heavy atom. The number of carbonyl (C=O) groups excluding carboxylic acids is 2. The summed E-state index contributed by atoms with van der Waals surface area (Å²) in [7, 11) is 0. The van der Waals surface area contributed by atoms with Crippen LogP contribution in [0.5, 0.6) is 0 Å². The molecular weight excluding hydrogens is 369 g/mol. The molecule has 2 amide bonds. The molecule has 2 aliphatic heterocycles. The van der Waals surface area contributed by atoms with Crippen LogP contribution in [0.4, 0.5) is 21.5 Å². The molecule has 2 aliphatic rings. The van der Waals surface area contributed by atoms with Crippen LogP contribution in [0.25, 0.3) is 0 Å². The van der Waals surface area contributed by atoms with Crippen molar-refractivity contribution < 1.29 is 14.0 Å². The maximum absolute atomic E-state index is 13.6. The summed E-state index contributed by atoms with van der Waals surface area (Å²) in [6.45, 7) is 0. The Bertz CT molecular complexity index is 1080. The highest BCUT2D eigenvalue weighted by Gasteiger charge is 2.47. The van der Waals surface area contributed by atoms with Crippen LogP contribution < -0.4 is 15.1 Å². The van der Waals surface area contributed by atoms with Gasteiger partial charge in [0.15, 0.2) is 0 Å². The summed E-state index contributed by atoms with van der Waals surface area (Å²) >= 11 is 0. The molecule has 0 aliphatic carbocycles. The third kappa shape index (κ3) is 2.84. The van der Waals surface area contributed by atoms with Gasteiger partial charge in [0, 0.05) is 5.69 Å². The number of amides is 2. The quantitative estimate of drug-likeness (QED) is 0.721. The maximum atomic E-state index is 13.6. The second-order valence-corrected chi connectivity index (χ2v) is 7.16. The molecule has 2 heterocycles. The van der Waals surface area contributed by atoms with Gasteiger partial charge in [-0.15, -0.1) is 0 Å². The molecule has 1 fully saturated rings. The average molecular weight is 387 g/mol. The number of halogens is 1. The number of benzene rings is 3. The van der Waals surface area contributed by atoms with E-state index in [0.29, 0.717) is 5.69 Å². The first-order valence-corrected chi connectivity index (χ1v) is 9.44. The van der Waals surface area contributed by atoms with Crippen molar-refractivity contribution in [3.8, 4) is 0 Å². The molecule has 0 aromatic heterocycles. The number of para-hydroxylation sites is 3. The normalized spacial score (nSPS) is 20.7. The van der Waals surface area contributed by atoms with Gasteiger partial charge in [-0.25, -0.2) is 4.39 Å². The smallest absolute Gasteiger partial charge is 0.247 e.